The number of aromatic nitrogens is 2. The minimum atomic E-state index is 0.00697. The van der Waals surface area contributed by atoms with Gasteiger partial charge < -0.3 is 10.1 Å². The molecule has 0 aliphatic rings. The predicted octanol–water partition coefficient (Wildman–Crippen LogP) is 2.78. The lowest BCUT2D eigenvalue weighted by atomic mass is 10.1. The fraction of sp³-hybridized carbons (Fsp3) is 0.0833. The van der Waals surface area contributed by atoms with Gasteiger partial charge in [0.15, 0.2) is 0 Å². The topological polar surface area (TPSA) is 48.9 Å². The first-order valence-electron chi connectivity index (χ1n) is 5.00. The molecule has 0 bridgehead atoms. The summed E-state index contributed by atoms with van der Waals surface area (Å²) >= 11 is 1.48. The van der Waals surface area contributed by atoms with Crippen molar-refractivity contribution < 1.29 is 5.11 Å². The maximum atomic E-state index is 9.00. The molecular weight excluding hydrogens is 220 g/mol. The van der Waals surface area contributed by atoms with E-state index >= 15 is 0 Å². The lowest BCUT2D eigenvalue weighted by molar-refractivity contribution is 0.281. The van der Waals surface area contributed by atoms with Gasteiger partial charge in [-0.25, -0.2) is 4.98 Å². The van der Waals surface area contributed by atoms with E-state index in [-0.39, 0.29) is 6.61 Å². The van der Waals surface area contributed by atoms with Crippen LogP contribution in [-0.2, 0) is 6.61 Å². The molecule has 3 rings (SSSR count). The van der Waals surface area contributed by atoms with Gasteiger partial charge in [-0.1, -0.05) is 18.2 Å². The molecule has 3 aromatic rings. The van der Waals surface area contributed by atoms with Crippen molar-refractivity contribution in [2.75, 3.05) is 0 Å². The Kier molecular flexibility index (Phi) is 2.23. The SMILES string of the molecule is OCc1nc(-c2c[nH]c3ccccc23)cs1. The molecule has 0 fully saturated rings. The summed E-state index contributed by atoms with van der Waals surface area (Å²) in [5.74, 6) is 0. The summed E-state index contributed by atoms with van der Waals surface area (Å²) in [4.78, 5) is 7.59. The monoisotopic (exact) mass is 230 g/mol. The number of benzene rings is 1. The zero-order valence-electron chi connectivity index (χ0n) is 8.47. The van der Waals surface area contributed by atoms with E-state index in [1.807, 2.05) is 29.8 Å². The fourth-order valence-electron chi connectivity index (χ4n) is 1.79. The number of aliphatic hydroxyl groups is 1. The Morgan fingerprint density at radius 3 is 3.00 bits per heavy atom. The van der Waals surface area contributed by atoms with Gasteiger partial charge in [-0.2, -0.15) is 0 Å². The summed E-state index contributed by atoms with van der Waals surface area (Å²) < 4.78 is 0. The van der Waals surface area contributed by atoms with Gasteiger partial charge in [-0.3, -0.25) is 0 Å². The van der Waals surface area contributed by atoms with Crippen molar-refractivity contribution in [1.29, 1.82) is 0 Å². The van der Waals surface area contributed by atoms with E-state index in [1.54, 1.807) is 0 Å². The van der Waals surface area contributed by atoms with Crippen LogP contribution < -0.4 is 0 Å². The molecule has 1 aromatic carbocycles. The van der Waals surface area contributed by atoms with E-state index in [1.165, 1.54) is 11.3 Å². The number of hydrogen-bond acceptors (Lipinski definition) is 3. The van der Waals surface area contributed by atoms with Crippen molar-refractivity contribution in [1.82, 2.24) is 9.97 Å². The lowest BCUT2D eigenvalue weighted by Crippen LogP contribution is -1.80. The van der Waals surface area contributed by atoms with Gasteiger partial charge in [-0.05, 0) is 6.07 Å². The van der Waals surface area contributed by atoms with Crippen molar-refractivity contribution in [3.05, 3.63) is 40.8 Å². The molecule has 2 N–H and O–H groups in total. The summed E-state index contributed by atoms with van der Waals surface area (Å²) in [6.07, 6.45) is 1.96. The number of rotatable bonds is 2. The van der Waals surface area contributed by atoms with Crippen LogP contribution in [0.1, 0.15) is 5.01 Å². The van der Waals surface area contributed by atoms with Gasteiger partial charge in [0.1, 0.15) is 5.01 Å². The summed E-state index contributed by atoms with van der Waals surface area (Å²) in [6.45, 7) is 0.00697. The number of hydrogen-bond donors (Lipinski definition) is 2. The van der Waals surface area contributed by atoms with Gasteiger partial charge in [0.25, 0.3) is 0 Å². The van der Waals surface area contributed by atoms with E-state index in [0.717, 1.165) is 27.2 Å². The molecular formula is C12H10N2OS. The zero-order valence-corrected chi connectivity index (χ0v) is 9.29. The maximum Gasteiger partial charge on any atom is 0.119 e. The van der Waals surface area contributed by atoms with Crippen LogP contribution in [0.15, 0.2) is 35.8 Å². The van der Waals surface area contributed by atoms with Crippen LogP contribution in [0.2, 0.25) is 0 Å². The highest BCUT2D eigenvalue weighted by Crippen LogP contribution is 2.29. The van der Waals surface area contributed by atoms with Gasteiger partial charge in [0, 0.05) is 28.0 Å². The smallest absolute Gasteiger partial charge is 0.119 e. The summed E-state index contributed by atoms with van der Waals surface area (Å²) in [5, 5.41) is 12.9. The van der Waals surface area contributed by atoms with Crippen molar-refractivity contribution in [2.24, 2.45) is 0 Å². The predicted molar refractivity (Wildman–Crippen MR) is 65.3 cm³/mol. The first-order chi connectivity index (χ1) is 7.88. The van der Waals surface area contributed by atoms with E-state index in [9.17, 15) is 0 Å². The normalized spacial score (nSPS) is 11.1. The third-order valence-electron chi connectivity index (χ3n) is 2.55. The average Bonchev–Trinajstić information content (AvgIpc) is 2.94. The summed E-state index contributed by atoms with van der Waals surface area (Å²) in [7, 11) is 0. The molecule has 0 unspecified atom stereocenters. The van der Waals surface area contributed by atoms with Crippen molar-refractivity contribution in [2.45, 2.75) is 6.61 Å². The van der Waals surface area contributed by atoms with E-state index in [4.69, 9.17) is 5.11 Å². The Labute approximate surface area is 96.4 Å². The Hall–Kier alpha value is -1.65. The number of nitrogens with zero attached hydrogens (tertiary/aromatic N) is 1. The van der Waals surface area contributed by atoms with Crippen LogP contribution in [0.25, 0.3) is 22.2 Å². The van der Waals surface area contributed by atoms with Gasteiger partial charge in [-0.15, -0.1) is 11.3 Å². The molecule has 80 valence electrons. The molecule has 16 heavy (non-hydrogen) atoms. The minimum Gasteiger partial charge on any atom is -0.389 e. The molecule has 0 atom stereocenters. The van der Waals surface area contributed by atoms with Crippen molar-refractivity contribution in [3.63, 3.8) is 0 Å². The molecule has 0 saturated carbocycles. The fourth-order valence-corrected chi connectivity index (χ4v) is 2.44. The first kappa shape index (κ1) is 9.57. The largest absolute Gasteiger partial charge is 0.389 e. The Bertz CT molecular complexity index is 627. The van der Waals surface area contributed by atoms with Crippen LogP contribution >= 0.6 is 11.3 Å². The van der Waals surface area contributed by atoms with Gasteiger partial charge in [0.05, 0.1) is 12.3 Å². The highest BCUT2D eigenvalue weighted by molar-refractivity contribution is 7.09. The first-order valence-corrected chi connectivity index (χ1v) is 5.88. The molecule has 2 heterocycles. The highest BCUT2D eigenvalue weighted by Gasteiger charge is 2.08. The lowest BCUT2D eigenvalue weighted by Gasteiger charge is -1.93. The van der Waals surface area contributed by atoms with Crippen LogP contribution in [0.4, 0.5) is 0 Å². The summed E-state index contributed by atoms with van der Waals surface area (Å²) in [6, 6.07) is 8.12. The van der Waals surface area contributed by atoms with E-state index in [0.29, 0.717) is 0 Å². The molecule has 4 heteroatoms. The number of aromatic amines is 1. The minimum absolute atomic E-state index is 0.00697. The van der Waals surface area contributed by atoms with Crippen molar-refractivity contribution in [3.8, 4) is 11.3 Å². The van der Waals surface area contributed by atoms with Crippen LogP contribution in [0.3, 0.4) is 0 Å². The van der Waals surface area contributed by atoms with E-state index in [2.05, 4.69) is 16.0 Å². The maximum absolute atomic E-state index is 9.00. The van der Waals surface area contributed by atoms with Gasteiger partial charge in [0.2, 0.25) is 0 Å². The standard InChI is InChI=1S/C12H10N2OS/c15-6-12-14-11(7-16-12)9-5-13-10-4-2-1-3-8(9)10/h1-5,7,13,15H,6H2. The highest BCUT2D eigenvalue weighted by atomic mass is 32.1. The summed E-state index contributed by atoms with van der Waals surface area (Å²) in [5.41, 5.74) is 3.12. The Morgan fingerprint density at radius 1 is 1.31 bits per heavy atom. The Morgan fingerprint density at radius 2 is 2.19 bits per heavy atom. The second-order valence-corrected chi connectivity index (χ2v) is 4.48. The number of aliphatic hydroxyl groups excluding tert-OH is 1. The van der Waals surface area contributed by atoms with Crippen molar-refractivity contribution >= 4 is 22.2 Å². The van der Waals surface area contributed by atoms with Gasteiger partial charge >= 0.3 is 0 Å². The van der Waals surface area contributed by atoms with Crippen LogP contribution in [0, 0.1) is 0 Å². The molecule has 0 saturated heterocycles. The zero-order chi connectivity index (χ0) is 11.0. The average molecular weight is 230 g/mol. The van der Waals surface area contributed by atoms with E-state index < -0.39 is 0 Å². The number of thiazole rings is 1. The second-order valence-electron chi connectivity index (χ2n) is 3.53. The number of fused-ring (bicyclic) bond motifs is 1. The third kappa shape index (κ3) is 1.43. The third-order valence-corrected chi connectivity index (χ3v) is 3.39. The molecule has 0 aliphatic carbocycles. The number of para-hydroxylation sites is 1. The molecule has 3 nitrogen and oxygen atoms in total. The van der Waals surface area contributed by atoms with Crippen LogP contribution in [0.5, 0.6) is 0 Å². The Balaban J connectivity index is 2.18. The number of H-pyrrole nitrogens is 1. The molecule has 0 radical (unpaired) electrons. The molecule has 0 aliphatic heterocycles. The molecule has 0 spiro atoms. The molecule has 0 amide bonds. The number of nitrogens with one attached hydrogen (secondary N) is 1. The van der Waals surface area contributed by atoms with Crippen LogP contribution in [-0.4, -0.2) is 15.1 Å². The quantitative estimate of drug-likeness (QED) is 0.711. The second kappa shape index (κ2) is 3.73. The molecule has 2 aromatic heterocycles.